The Morgan fingerprint density at radius 1 is 0.946 bits per heavy atom. The topological polar surface area (TPSA) is 93.3 Å². The first-order valence-electron chi connectivity index (χ1n) is 12.1. The molecule has 186 valence electrons. The van der Waals surface area contributed by atoms with E-state index in [1.165, 1.54) is 0 Å². The average Bonchev–Trinajstić information content (AvgIpc) is 3.59. The number of amides is 2. The molecule has 37 heavy (non-hydrogen) atoms. The van der Waals surface area contributed by atoms with Gasteiger partial charge in [-0.25, -0.2) is 4.68 Å². The van der Waals surface area contributed by atoms with Gasteiger partial charge in [0.05, 0.1) is 18.3 Å². The maximum absolute atomic E-state index is 13.9. The number of nitrogens with one attached hydrogen (secondary N) is 1. The fraction of sp³-hybridized carbons (Fsp3) is 0.172. The van der Waals surface area contributed by atoms with Gasteiger partial charge in [-0.2, -0.15) is 0 Å². The minimum atomic E-state index is -0.878. The van der Waals surface area contributed by atoms with Crippen LogP contribution in [0.25, 0.3) is 11.0 Å². The van der Waals surface area contributed by atoms with Crippen molar-refractivity contribution in [3.63, 3.8) is 0 Å². The summed E-state index contributed by atoms with van der Waals surface area (Å²) in [6, 6.07) is 27.4. The summed E-state index contributed by atoms with van der Waals surface area (Å²) < 4.78 is 7.14. The minimum Gasteiger partial charge on any atom is -0.467 e. The van der Waals surface area contributed by atoms with Crippen LogP contribution in [0.2, 0.25) is 0 Å². The molecule has 0 bridgehead atoms. The maximum atomic E-state index is 13.9. The Hall–Kier alpha value is -4.72. The first-order valence-corrected chi connectivity index (χ1v) is 12.1. The van der Waals surface area contributed by atoms with E-state index in [0.29, 0.717) is 17.8 Å². The Labute approximate surface area is 214 Å². The number of para-hydroxylation sites is 1. The standard InChI is InChI=1S/C29H27N5O3/c1-21-10-5-6-14-24(21)28(29(36)30-18-22-11-3-2-4-12-22)33(19-23-13-9-17-37-23)27(35)20-34-26-16-8-7-15-25(26)31-32-34/h2-17,28H,18-20H2,1H3,(H,30,36). The van der Waals surface area contributed by atoms with Crippen LogP contribution in [0.1, 0.15) is 28.5 Å². The fourth-order valence-electron chi connectivity index (χ4n) is 4.37. The molecule has 2 amide bonds. The first kappa shape index (κ1) is 24.0. The molecule has 1 N–H and O–H groups in total. The van der Waals surface area contributed by atoms with Crippen LogP contribution in [-0.2, 0) is 29.2 Å². The molecule has 0 aliphatic heterocycles. The van der Waals surface area contributed by atoms with Gasteiger partial charge in [-0.15, -0.1) is 5.10 Å². The van der Waals surface area contributed by atoms with E-state index in [-0.39, 0.29) is 24.9 Å². The highest BCUT2D eigenvalue weighted by Crippen LogP contribution is 2.27. The molecule has 5 rings (SSSR count). The Morgan fingerprint density at radius 3 is 2.49 bits per heavy atom. The number of hydrogen-bond acceptors (Lipinski definition) is 5. The van der Waals surface area contributed by atoms with Crippen molar-refractivity contribution in [2.75, 3.05) is 0 Å². The van der Waals surface area contributed by atoms with Gasteiger partial charge in [-0.05, 0) is 47.9 Å². The summed E-state index contributed by atoms with van der Waals surface area (Å²) in [6.45, 7) is 2.33. The van der Waals surface area contributed by atoms with Gasteiger partial charge in [-0.3, -0.25) is 9.59 Å². The number of hydrogen-bond donors (Lipinski definition) is 1. The lowest BCUT2D eigenvalue weighted by molar-refractivity contribution is -0.142. The number of aryl methyl sites for hydroxylation is 1. The lowest BCUT2D eigenvalue weighted by Gasteiger charge is -2.31. The molecular formula is C29H27N5O3. The van der Waals surface area contributed by atoms with Crippen LogP contribution in [0, 0.1) is 6.92 Å². The largest absolute Gasteiger partial charge is 0.467 e. The number of furan rings is 1. The van der Waals surface area contributed by atoms with Crippen LogP contribution < -0.4 is 5.32 Å². The SMILES string of the molecule is Cc1ccccc1C(C(=O)NCc1ccccc1)N(Cc1ccco1)C(=O)Cn1nnc2ccccc21. The van der Waals surface area contributed by atoms with Gasteiger partial charge in [0.2, 0.25) is 11.8 Å². The van der Waals surface area contributed by atoms with Crippen molar-refractivity contribution >= 4 is 22.8 Å². The van der Waals surface area contributed by atoms with Crippen molar-refractivity contribution in [3.8, 4) is 0 Å². The normalized spacial score (nSPS) is 11.8. The van der Waals surface area contributed by atoms with Crippen LogP contribution in [0.5, 0.6) is 0 Å². The molecule has 0 aliphatic rings. The third-order valence-corrected chi connectivity index (χ3v) is 6.28. The van der Waals surface area contributed by atoms with Crippen molar-refractivity contribution in [2.24, 2.45) is 0 Å². The van der Waals surface area contributed by atoms with E-state index in [0.717, 1.165) is 22.2 Å². The van der Waals surface area contributed by atoms with E-state index >= 15 is 0 Å². The van der Waals surface area contributed by atoms with Gasteiger partial charge in [0.15, 0.2) is 0 Å². The number of nitrogens with zero attached hydrogens (tertiary/aromatic N) is 4. The molecule has 8 nitrogen and oxygen atoms in total. The monoisotopic (exact) mass is 493 g/mol. The summed E-state index contributed by atoms with van der Waals surface area (Å²) >= 11 is 0. The number of carbonyl (C=O) groups excluding carboxylic acids is 2. The molecule has 5 aromatic rings. The highest BCUT2D eigenvalue weighted by atomic mass is 16.3. The van der Waals surface area contributed by atoms with Crippen molar-refractivity contribution in [1.82, 2.24) is 25.2 Å². The maximum Gasteiger partial charge on any atom is 0.247 e. The van der Waals surface area contributed by atoms with E-state index in [9.17, 15) is 9.59 Å². The van der Waals surface area contributed by atoms with Crippen molar-refractivity contribution in [2.45, 2.75) is 32.6 Å². The predicted molar refractivity (Wildman–Crippen MR) is 139 cm³/mol. The molecular weight excluding hydrogens is 466 g/mol. The Bertz CT molecular complexity index is 1490. The molecule has 8 heteroatoms. The van der Waals surface area contributed by atoms with Crippen LogP contribution >= 0.6 is 0 Å². The summed E-state index contributed by atoms with van der Waals surface area (Å²) in [7, 11) is 0. The number of fused-ring (bicyclic) bond motifs is 1. The summed E-state index contributed by atoms with van der Waals surface area (Å²) in [6.07, 6.45) is 1.56. The second kappa shape index (κ2) is 10.9. The summed E-state index contributed by atoms with van der Waals surface area (Å²) in [5.41, 5.74) is 4.07. The molecule has 0 saturated carbocycles. The Balaban J connectivity index is 1.50. The van der Waals surface area contributed by atoms with E-state index in [2.05, 4.69) is 15.6 Å². The third kappa shape index (κ3) is 5.43. The molecule has 2 heterocycles. The van der Waals surface area contributed by atoms with Crippen LogP contribution in [-0.4, -0.2) is 31.7 Å². The minimum absolute atomic E-state index is 0.0738. The van der Waals surface area contributed by atoms with Crippen molar-refractivity contribution in [3.05, 3.63) is 120 Å². The number of benzene rings is 3. The Morgan fingerprint density at radius 2 is 1.70 bits per heavy atom. The van der Waals surface area contributed by atoms with Gasteiger partial charge < -0.3 is 14.6 Å². The molecule has 0 fully saturated rings. The van der Waals surface area contributed by atoms with Gasteiger partial charge >= 0.3 is 0 Å². The van der Waals surface area contributed by atoms with Crippen LogP contribution in [0.15, 0.2) is 102 Å². The van der Waals surface area contributed by atoms with Crippen LogP contribution in [0.3, 0.4) is 0 Å². The lowest BCUT2D eigenvalue weighted by atomic mass is 9.98. The van der Waals surface area contributed by atoms with E-state index in [1.807, 2.05) is 85.8 Å². The van der Waals surface area contributed by atoms with Crippen molar-refractivity contribution in [1.29, 1.82) is 0 Å². The number of rotatable bonds is 9. The molecule has 0 spiro atoms. The predicted octanol–water partition coefficient (Wildman–Crippen LogP) is 4.42. The molecule has 1 unspecified atom stereocenters. The molecule has 0 radical (unpaired) electrons. The number of carbonyl (C=O) groups is 2. The molecule has 2 aromatic heterocycles. The van der Waals surface area contributed by atoms with Crippen molar-refractivity contribution < 1.29 is 14.0 Å². The van der Waals surface area contributed by atoms with Crippen LogP contribution in [0.4, 0.5) is 0 Å². The average molecular weight is 494 g/mol. The van der Waals surface area contributed by atoms with Gasteiger partial charge in [0.1, 0.15) is 23.9 Å². The smallest absolute Gasteiger partial charge is 0.247 e. The van der Waals surface area contributed by atoms with E-state index < -0.39 is 6.04 Å². The molecule has 0 saturated heterocycles. The van der Waals surface area contributed by atoms with Gasteiger partial charge in [0.25, 0.3) is 0 Å². The first-order chi connectivity index (χ1) is 18.1. The highest BCUT2D eigenvalue weighted by molar-refractivity contribution is 5.89. The second-order valence-corrected chi connectivity index (χ2v) is 8.80. The lowest BCUT2D eigenvalue weighted by Crippen LogP contribution is -2.44. The molecule has 1 atom stereocenters. The quantitative estimate of drug-likeness (QED) is 0.328. The molecule has 3 aromatic carbocycles. The van der Waals surface area contributed by atoms with E-state index in [4.69, 9.17) is 4.42 Å². The van der Waals surface area contributed by atoms with Gasteiger partial charge in [0, 0.05) is 6.54 Å². The third-order valence-electron chi connectivity index (χ3n) is 6.28. The zero-order valence-electron chi connectivity index (χ0n) is 20.4. The molecule has 0 aliphatic carbocycles. The fourth-order valence-corrected chi connectivity index (χ4v) is 4.37. The number of aromatic nitrogens is 3. The summed E-state index contributed by atoms with van der Waals surface area (Å²) in [5, 5.41) is 11.4. The zero-order chi connectivity index (χ0) is 25.6. The Kier molecular flexibility index (Phi) is 7.07. The van der Waals surface area contributed by atoms with E-state index in [1.54, 1.807) is 28.0 Å². The highest BCUT2D eigenvalue weighted by Gasteiger charge is 2.33. The summed E-state index contributed by atoms with van der Waals surface area (Å²) in [5.74, 6) is 0.0166. The summed E-state index contributed by atoms with van der Waals surface area (Å²) in [4.78, 5) is 29.2. The van der Waals surface area contributed by atoms with Gasteiger partial charge in [-0.1, -0.05) is 71.9 Å². The second-order valence-electron chi connectivity index (χ2n) is 8.80. The zero-order valence-corrected chi connectivity index (χ0v) is 20.4.